The van der Waals surface area contributed by atoms with Crippen molar-refractivity contribution in [2.75, 3.05) is 29.9 Å². The highest BCUT2D eigenvalue weighted by atomic mass is 16.3. The first-order valence-electron chi connectivity index (χ1n) is 11.2. The van der Waals surface area contributed by atoms with Gasteiger partial charge in [0.2, 0.25) is 0 Å². The molecule has 1 aromatic carbocycles. The van der Waals surface area contributed by atoms with Crippen molar-refractivity contribution >= 4 is 11.5 Å². The number of rotatable bonds is 3. The van der Waals surface area contributed by atoms with Gasteiger partial charge in [0.25, 0.3) is 0 Å². The second-order valence-electron chi connectivity index (χ2n) is 8.54. The lowest BCUT2D eigenvalue weighted by Gasteiger charge is -2.35. The molecule has 5 rings (SSSR count). The molecular weight excluding hydrogens is 388 g/mol. The first kappa shape index (κ1) is 19.7. The Morgan fingerprint density at radius 3 is 2.55 bits per heavy atom. The van der Waals surface area contributed by atoms with Crippen molar-refractivity contribution in [1.82, 2.24) is 20.4 Å². The number of aromatic hydroxyl groups is 1. The van der Waals surface area contributed by atoms with Gasteiger partial charge in [0.05, 0.1) is 17.1 Å². The Morgan fingerprint density at radius 1 is 0.903 bits per heavy atom. The molecule has 2 aliphatic rings. The van der Waals surface area contributed by atoms with Crippen LogP contribution in [-0.4, -0.2) is 51.7 Å². The third-order valence-electron chi connectivity index (χ3n) is 6.49. The van der Waals surface area contributed by atoms with Crippen molar-refractivity contribution in [3.63, 3.8) is 0 Å². The first-order chi connectivity index (χ1) is 15.2. The normalized spacial score (nSPS) is 17.3. The van der Waals surface area contributed by atoms with Gasteiger partial charge in [-0.25, -0.2) is 0 Å². The first-order valence-corrected chi connectivity index (χ1v) is 11.2. The molecule has 0 atom stereocenters. The van der Waals surface area contributed by atoms with E-state index in [1.807, 2.05) is 24.3 Å². The fourth-order valence-electron chi connectivity index (χ4n) is 4.81. The van der Waals surface area contributed by atoms with Crippen LogP contribution in [0.2, 0.25) is 0 Å². The molecule has 1 fully saturated rings. The van der Waals surface area contributed by atoms with E-state index in [1.54, 1.807) is 12.3 Å². The lowest BCUT2D eigenvalue weighted by atomic mass is 9.94. The molecule has 160 valence electrons. The Balaban J connectivity index is 1.50. The van der Waals surface area contributed by atoms with E-state index < -0.39 is 0 Å². The molecule has 0 radical (unpaired) electrons. The number of hydrogen-bond donors (Lipinski definition) is 1. The van der Waals surface area contributed by atoms with Gasteiger partial charge >= 0.3 is 0 Å². The van der Waals surface area contributed by atoms with Crippen LogP contribution in [0.25, 0.3) is 22.5 Å². The highest BCUT2D eigenvalue weighted by molar-refractivity contribution is 5.78. The van der Waals surface area contributed by atoms with Crippen LogP contribution in [0.4, 0.5) is 11.5 Å². The molecule has 7 heteroatoms. The van der Waals surface area contributed by atoms with Gasteiger partial charge in [-0.15, -0.1) is 10.2 Å². The van der Waals surface area contributed by atoms with Crippen molar-refractivity contribution < 1.29 is 5.11 Å². The standard InChI is InChI=1S/C24H28N6O/c1-29-13-6-14-30(18-7-3-2-4-8-18)24-22(29)16-21(27-28-24)19-11-10-17(15-23(19)31)20-9-5-12-25-26-20/h5,9-12,15-16,18,31H,2-4,6-8,13-14H2,1H3. The van der Waals surface area contributed by atoms with Crippen molar-refractivity contribution in [2.24, 2.45) is 0 Å². The third kappa shape index (κ3) is 3.92. The fraction of sp³-hybridized carbons (Fsp3) is 0.417. The molecule has 0 bridgehead atoms. The minimum Gasteiger partial charge on any atom is -0.507 e. The Bertz CT molecular complexity index is 1050. The summed E-state index contributed by atoms with van der Waals surface area (Å²) in [6.07, 6.45) is 9.14. The molecule has 2 aromatic heterocycles. The summed E-state index contributed by atoms with van der Waals surface area (Å²) in [6.45, 7) is 2.01. The van der Waals surface area contributed by atoms with Crippen molar-refractivity contribution in [3.05, 3.63) is 42.6 Å². The summed E-state index contributed by atoms with van der Waals surface area (Å²) < 4.78 is 0. The molecule has 0 unspecified atom stereocenters. The Morgan fingerprint density at radius 2 is 1.77 bits per heavy atom. The van der Waals surface area contributed by atoms with Crippen LogP contribution >= 0.6 is 0 Å². The van der Waals surface area contributed by atoms with Crippen molar-refractivity contribution in [3.8, 4) is 28.3 Å². The molecular formula is C24H28N6O. The van der Waals surface area contributed by atoms with Gasteiger partial charge in [-0.2, -0.15) is 10.2 Å². The number of benzene rings is 1. The maximum absolute atomic E-state index is 10.7. The van der Waals surface area contributed by atoms with E-state index in [9.17, 15) is 5.11 Å². The quantitative estimate of drug-likeness (QED) is 0.682. The van der Waals surface area contributed by atoms with Gasteiger partial charge in [-0.05, 0) is 49.6 Å². The molecule has 0 amide bonds. The van der Waals surface area contributed by atoms with Gasteiger partial charge in [-0.1, -0.05) is 25.3 Å². The lowest BCUT2D eigenvalue weighted by Crippen LogP contribution is -2.38. The van der Waals surface area contributed by atoms with Gasteiger partial charge < -0.3 is 14.9 Å². The molecule has 1 N–H and O–H groups in total. The molecule has 3 aromatic rings. The van der Waals surface area contributed by atoms with E-state index in [1.165, 1.54) is 32.1 Å². The highest BCUT2D eigenvalue weighted by Gasteiger charge is 2.28. The summed E-state index contributed by atoms with van der Waals surface area (Å²) >= 11 is 0. The molecule has 31 heavy (non-hydrogen) atoms. The minimum atomic E-state index is 0.165. The van der Waals surface area contributed by atoms with E-state index >= 15 is 0 Å². The van der Waals surface area contributed by atoms with Crippen LogP contribution < -0.4 is 9.80 Å². The second kappa shape index (κ2) is 8.49. The van der Waals surface area contributed by atoms with E-state index in [-0.39, 0.29) is 5.75 Å². The summed E-state index contributed by atoms with van der Waals surface area (Å²) in [5.74, 6) is 1.14. The summed E-state index contributed by atoms with van der Waals surface area (Å²) in [4.78, 5) is 4.74. The molecule has 3 heterocycles. The SMILES string of the molecule is CN1CCCN(C2CCCCC2)c2nnc(-c3ccc(-c4cccnn4)cc3O)cc21. The fourth-order valence-corrected chi connectivity index (χ4v) is 4.81. The van der Waals surface area contributed by atoms with Crippen molar-refractivity contribution in [1.29, 1.82) is 0 Å². The highest BCUT2D eigenvalue weighted by Crippen LogP contribution is 2.38. The molecule has 0 spiro atoms. The van der Waals surface area contributed by atoms with Crippen molar-refractivity contribution in [2.45, 2.75) is 44.6 Å². The van der Waals surface area contributed by atoms with E-state index in [0.29, 0.717) is 17.3 Å². The minimum absolute atomic E-state index is 0.165. The van der Waals surface area contributed by atoms with Crippen LogP contribution in [0.15, 0.2) is 42.6 Å². The summed E-state index contributed by atoms with van der Waals surface area (Å²) in [5, 5.41) is 28.0. The molecule has 1 aliphatic carbocycles. The monoisotopic (exact) mass is 416 g/mol. The summed E-state index contributed by atoms with van der Waals surface area (Å²) in [5.41, 5.74) is 3.98. The van der Waals surface area contributed by atoms with Crippen LogP contribution in [-0.2, 0) is 0 Å². The zero-order valence-electron chi connectivity index (χ0n) is 17.9. The zero-order chi connectivity index (χ0) is 21.2. The number of hydrogen-bond acceptors (Lipinski definition) is 7. The predicted octanol–water partition coefficient (Wildman–Crippen LogP) is 4.29. The lowest BCUT2D eigenvalue weighted by molar-refractivity contribution is 0.412. The van der Waals surface area contributed by atoms with Gasteiger partial charge in [0.15, 0.2) is 5.82 Å². The summed E-state index contributed by atoms with van der Waals surface area (Å²) in [7, 11) is 2.12. The van der Waals surface area contributed by atoms with Crippen LogP contribution in [0, 0.1) is 0 Å². The molecule has 1 aliphatic heterocycles. The number of phenolic OH excluding ortho intramolecular Hbond substituents is 1. The Kier molecular flexibility index (Phi) is 5.40. The zero-order valence-corrected chi connectivity index (χ0v) is 17.9. The van der Waals surface area contributed by atoms with Crippen LogP contribution in [0.3, 0.4) is 0 Å². The molecule has 7 nitrogen and oxygen atoms in total. The largest absolute Gasteiger partial charge is 0.507 e. The average molecular weight is 417 g/mol. The topological polar surface area (TPSA) is 78.3 Å². The van der Waals surface area contributed by atoms with Crippen LogP contribution in [0.1, 0.15) is 38.5 Å². The van der Waals surface area contributed by atoms with Crippen LogP contribution in [0.5, 0.6) is 5.75 Å². The smallest absolute Gasteiger partial charge is 0.175 e. The Labute approximate surface area is 182 Å². The average Bonchev–Trinajstić information content (AvgIpc) is 2.98. The molecule has 1 saturated carbocycles. The molecule has 0 saturated heterocycles. The maximum Gasteiger partial charge on any atom is 0.175 e. The Hall–Kier alpha value is -3.22. The van der Waals surface area contributed by atoms with Gasteiger partial charge in [-0.3, -0.25) is 0 Å². The maximum atomic E-state index is 10.7. The van der Waals surface area contributed by atoms with Gasteiger partial charge in [0, 0.05) is 43.5 Å². The summed E-state index contributed by atoms with van der Waals surface area (Å²) in [6, 6.07) is 11.9. The van der Waals surface area contributed by atoms with E-state index in [2.05, 4.69) is 43.3 Å². The van der Waals surface area contributed by atoms with E-state index in [0.717, 1.165) is 42.3 Å². The number of aromatic nitrogens is 4. The second-order valence-corrected chi connectivity index (χ2v) is 8.54. The predicted molar refractivity (Wildman–Crippen MR) is 122 cm³/mol. The number of nitrogens with zero attached hydrogens (tertiary/aromatic N) is 6. The van der Waals surface area contributed by atoms with E-state index in [4.69, 9.17) is 0 Å². The number of anilines is 2. The number of phenols is 1. The van der Waals surface area contributed by atoms with Gasteiger partial charge in [0.1, 0.15) is 5.75 Å². The number of fused-ring (bicyclic) bond motifs is 1. The third-order valence-corrected chi connectivity index (χ3v) is 6.49.